The molecule has 2 atom stereocenters. The van der Waals surface area contributed by atoms with Gasteiger partial charge in [0, 0.05) is 13.1 Å². The molecule has 36 heavy (non-hydrogen) atoms. The Labute approximate surface area is 209 Å². The minimum Gasteiger partial charge on any atom is -0.452 e. The van der Waals surface area contributed by atoms with Crippen molar-refractivity contribution in [1.29, 1.82) is 0 Å². The smallest absolute Gasteiger partial charge is 0.338 e. The number of piperidine rings is 1. The molecule has 1 N–H and O–H groups in total. The first kappa shape index (κ1) is 26.0. The summed E-state index contributed by atoms with van der Waals surface area (Å²) < 4.78 is 73.1. The molecule has 1 aliphatic rings. The number of thiazole rings is 1. The number of nitrogens with zero attached hydrogens (tertiary/aromatic N) is 2. The summed E-state index contributed by atoms with van der Waals surface area (Å²) in [6, 6.07) is 6.11. The SMILES string of the molecule is CC1CC(C)CN(S(=O)(=O)c2cccc(C(=O)OCC(=O)Nc3nc4c(F)c(F)c(F)cc4s3)c2)C1. The number of fused-ring (bicyclic) bond motifs is 1. The molecule has 2 unspecified atom stereocenters. The predicted molar refractivity (Wildman–Crippen MR) is 127 cm³/mol. The van der Waals surface area contributed by atoms with E-state index in [1.165, 1.54) is 28.6 Å². The van der Waals surface area contributed by atoms with Gasteiger partial charge >= 0.3 is 5.97 Å². The molecule has 1 fully saturated rings. The minimum atomic E-state index is -3.82. The molecule has 3 aromatic rings. The molecular formula is C23H22F3N3O5S2. The highest BCUT2D eigenvalue weighted by atomic mass is 32.2. The van der Waals surface area contributed by atoms with Crippen LogP contribution in [0, 0.1) is 29.3 Å². The lowest BCUT2D eigenvalue weighted by Crippen LogP contribution is -2.42. The lowest BCUT2D eigenvalue weighted by atomic mass is 9.94. The van der Waals surface area contributed by atoms with Gasteiger partial charge in [-0.25, -0.2) is 31.4 Å². The summed E-state index contributed by atoms with van der Waals surface area (Å²) in [7, 11) is -3.82. The van der Waals surface area contributed by atoms with Crippen molar-refractivity contribution >= 4 is 48.6 Å². The fourth-order valence-electron chi connectivity index (χ4n) is 4.13. The fraction of sp³-hybridized carbons (Fsp3) is 0.348. The fourth-order valence-corrected chi connectivity index (χ4v) is 6.76. The number of amides is 1. The third-order valence-corrected chi connectivity index (χ3v) is 8.39. The van der Waals surface area contributed by atoms with Crippen molar-refractivity contribution in [3.63, 3.8) is 0 Å². The van der Waals surface area contributed by atoms with Gasteiger partial charge in [-0.15, -0.1) is 0 Å². The third kappa shape index (κ3) is 5.37. The molecule has 0 bridgehead atoms. The van der Waals surface area contributed by atoms with Crippen molar-refractivity contribution < 1.29 is 35.9 Å². The second-order valence-electron chi connectivity index (χ2n) is 8.77. The standard InChI is InChI=1S/C23H22F3N3O5S2/c1-12-6-13(2)10-29(9-12)36(32,33)15-5-3-4-14(7-15)22(31)34-11-18(30)27-23-28-21-17(35-23)8-16(24)19(25)20(21)26/h3-5,7-8,12-13H,6,9-11H2,1-2H3,(H,27,28,30). The maximum atomic E-state index is 13.8. The topological polar surface area (TPSA) is 106 Å². The lowest BCUT2D eigenvalue weighted by molar-refractivity contribution is -0.119. The number of carbonyl (C=O) groups is 2. The van der Waals surface area contributed by atoms with E-state index >= 15 is 0 Å². The van der Waals surface area contributed by atoms with Crippen LogP contribution in [-0.2, 0) is 19.6 Å². The van der Waals surface area contributed by atoms with Crippen LogP contribution in [0.25, 0.3) is 10.2 Å². The number of hydrogen-bond donors (Lipinski definition) is 1. The number of esters is 1. The van der Waals surface area contributed by atoms with Crippen molar-refractivity contribution in [1.82, 2.24) is 9.29 Å². The molecule has 4 rings (SSSR count). The van der Waals surface area contributed by atoms with Crippen molar-refractivity contribution in [2.24, 2.45) is 11.8 Å². The van der Waals surface area contributed by atoms with E-state index in [9.17, 15) is 31.2 Å². The maximum Gasteiger partial charge on any atom is 0.338 e. The molecule has 1 amide bonds. The summed E-state index contributed by atoms with van der Waals surface area (Å²) in [5, 5.41) is 2.12. The van der Waals surface area contributed by atoms with Gasteiger partial charge in [0.05, 0.1) is 15.2 Å². The second-order valence-corrected chi connectivity index (χ2v) is 11.7. The quantitative estimate of drug-likeness (QED) is 0.371. The number of rotatable bonds is 6. The number of aromatic nitrogens is 1. The molecule has 2 aromatic carbocycles. The van der Waals surface area contributed by atoms with Gasteiger partial charge in [-0.2, -0.15) is 4.31 Å². The summed E-state index contributed by atoms with van der Waals surface area (Å²) in [6.45, 7) is 3.99. The van der Waals surface area contributed by atoms with E-state index < -0.39 is 51.5 Å². The molecule has 192 valence electrons. The van der Waals surface area contributed by atoms with Gasteiger partial charge in [0.15, 0.2) is 29.2 Å². The number of anilines is 1. The zero-order valence-corrected chi connectivity index (χ0v) is 20.9. The van der Waals surface area contributed by atoms with Crippen LogP contribution in [0.15, 0.2) is 35.2 Å². The first-order valence-electron chi connectivity index (χ1n) is 11.0. The number of benzene rings is 2. The van der Waals surface area contributed by atoms with Crippen molar-refractivity contribution in [2.75, 3.05) is 25.0 Å². The van der Waals surface area contributed by atoms with E-state index in [0.29, 0.717) is 24.4 Å². The Bertz CT molecular complexity index is 1430. The van der Waals surface area contributed by atoms with Crippen molar-refractivity contribution in [3.05, 3.63) is 53.3 Å². The van der Waals surface area contributed by atoms with Gasteiger partial charge in [-0.1, -0.05) is 31.3 Å². The zero-order chi connectivity index (χ0) is 26.2. The van der Waals surface area contributed by atoms with Crippen molar-refractivity contribution in [3.8, 4) is 0 Å². The van der Waals surface area contributed by atoms with E-state index in [-0.39, 0.29) is 32.1 Å². The molecule has 13 heteroatoms. The molecule has 1 aliphatic heterocycles. The molecule has 1 aromatic heterocycles. The normalized spacial score (nSPS) is 18.8. The molecule has 0 aliphatic carbocycles. The van der Waals surface area contributed by atoms with Gasteiger partial charge in [0.1, 0.15) is 5.52 Å². The minimum absolute atomic E-state index is 0.0192. The third-order valence-electron chi connectivity index (χ3n) is 5.65. The average Bonchev–Trinajstić information content (AvgIpc) is 3.22. The summed E-state index contributed by atoms with van der Waals surface area (Å²) in [5.74, 6) is -5.88. The molecule has 0 radical (unpaired) electrons. The average molecular weight is 542 g/mol. The monoisotopic (exact) mass is 541 g/mol. The summed E-state index contributed by atoms with van der Waals surface area (Å²) in [4.78, 5) is 28.3. The van der Waals surface area contributed by atoms with Gasteiger partial charge in [0.2, 0.25) is 10.0 Å². The Morgan fingerprint density at radius 3 is 2.53 bits per heavy atom. The van der Waals surface area contributed by atoms with Gasteiger partial charge < -0.3 is 4.74 Å². The van der Waals surface area contributed by atoms with Gasteiger partial charge in [0.25, 0.3) is 5.91 Å². The Balaban J connectivity index is 1.41. The lowest BCUT2D eigenvalue weighted by Gasteiger charge is -2.34. The number of ether oxygens (including phenoxy) is 1. The van der Waals surface area contributed by atoms with Gasteiger partial charge in [-0.3, -0.25) is 10.1 Å². The molecule has 2 heterocycles. The van der Waals surface area contributed by atoms with Crippen LogP contribution in [0.1, 0.15) is 30.6 Å². The largest absolute Gasteiger partial charge is 0.452 e. The molecule has 0 saturated carbocycles. The van der Waals surface area contributed by atoms with E-state index in [1.807, 2.05) is 13.8 Å². The zero-order valence-electron chi connectivity index (χ0n) is 19.3. The molecule has 8 nitrogen and oxygen atoms in total. The predicted octanol–water partition coefficient (Wildman–Crippen LogP) is 4.18. The number of nitrogens with one attached hydrogen (secondary N) is 1. The highest BCUT2D eigenvalue weighted by Crippen LogP contribution is 2.30. The highest BCUT2D eigenvalue weighted by molar-refractivity contribution is 7.89. The van der Waals surface area contributed by atoms with Gasteiger partial charge in [-0.05, 0) is 42.5 Å². The number of hydrogen-bond acceptors (Lipinski definition) is 7. The van der Waals surface area contributed by atoms with E-state index in [2.05, 4.69) is 10.3 Å². The highest BCUT2D eigenvalue weighted by Gasteiger charge is 2.32. The van der Waals surface area contributed by atoms with E-state index in [4.69, 9.17) is 4.74 Å². The van der Waals surface area contributed by atoms with E-state index in [0.717, 1.165) is 12.5 Å². The summed E-state index contributed by atoms with van der Waals surface area (Å²) in [6.07, 6.45) is 0.931. The Morgan fingerprint density at radius 2 is 1.83 bits per heavy atom. The van der Waals surface area contributed by atoms with E-state index in [1.54, 1.807) is 0 Å². The van der Waals surface area contributed by atoms with Crippen LogP contribution >= 0.6 is 11.3 Å². The molecular weight excluding hydrogens is 519 g/mol. The van der Waals surface area contributed by atoms with Crippen LogP contribution < -0.4 is 5.32 Å². The van der Waals surface area contributed by atoms with Crippen LogP contribution in [0.3, 0.4) is 0 Å². The Morgan fingerprint density at radius 1 is 1.14 bits per heavy atom. The molecule has 0 spiro atoms. The van der Waals surface area contributed by atoms with Crippen LogP contribution in [0.4, 0.5) is 18.3 Å². The number of sulfonamides is 1. The van der Waals surface area contributed by atoms with Crippen LogP contribution in [0.5, 0.6) is 0 Å². The summed E-state index contributed by atoms with van der Waals surface area (Å²) >= 11 is 0.710. The maximum absolute atomic E-state index is 13.8. The first-order valence-corrected chi connectivity index (χ1v) is 13.2. The Kier molecular flexibility index (Phi) is 7.34. The second kappa shape index (κ2) is 10.1. The first-order chi connectivity index (χ1) is 17.0. The summed E-state index contributed by atoms with van der Waals surface area (Å²) in [5.41, 5.74) is -0.503. The van der Waals surface area contributed by atoms with Crippen molar-refractivity contribution in [2.45, 2.75) is 25.2 Å². The number of halogens is 3. The van der Waals surface area contributed by atoms with Crippen LogP contribution in [-0.4, -0.2) is 49.3 Å². The van der Waals surface area contributed by atoms with Crippen LogP contribution in [0.2, 0.25) is 0 Å². The Hall–Kier alpha value is -3.03. The molecule has 1 saturated heterocycles. The number of carbonyl (C=O) groups excluding carboxylic acids is 2.